The van der Waals surface area contributed by atoms with Crippen LogP contribution in [-0.4, -0.2) is 18.5 Å². The lowest BCUT2D eigenvalue weighted by atomic mass is 9.99. The molecular weight excluding hydrogens is 272 g/mol. The minimum Gasteiger partial charge on any atom is -0.356 e. The Bertz CT molecular complexity index is 689. The molecule has 3 heteroatoms. The van der Waals surface area contributed by atoms with Gasteiger partial charge in [0.1, 0.15) is 0 Å². The van der Waals surface area contributed by atoms with E-state index in [1.165, 1.54) is 16.8 Å². The van der Waals surface area contributed by atoms with E-state index in [1.807, 2.05) is 38.1 Å². The summed E-state index contributed by atoms with van der Waals surface area (Å²) in [7, 11) is 0. The number of rotatable bonds is 4. The van der Waals surface area contributed by atoms with E-state index in [4.69, 9.17) is 5.73 Å². The number of hydrogen-bond acceptors (Lipinski definition) is 3. The average molecular weight is 294 g/mol. The lowest BCUT2D eigenvalue weighted by Crippen LogP contribution is -2.38. The second-order valence-corrected chi connectivity index (χ2v) is 5.88. The predicted molar refractivity (Wildman–Crippen MR) is 91.2 cm³/mol. The Balaban J connectivity index is 1.89. The first kappa shape index (κ1) is 14.8. The quantitative estimate of drug-likeness (QED) is 0.876. The van der Waals surface area contributed by atoms with Crippen LogP contribution in [0.5, 0.6) is 0 Å². The van der Waals surface area contributed by atoms with E-state index < -0.39 is 0 Å². The van der Waals surface area contributed by atoms with Gasteiger partial charge < -0.3 is 10.6 Å². The van der Waals surface area contributed by atoms with Gasteiger partial charge in [0.2, 0.25) is 0 Å². The van der Waals surface area contributed by atoms with Crippen LogP contribution in [0.3, 0.4) is 0 Å². The van der Waals surface area contributed by atoms with Crippen LogP contribution in [0.2, 0.25) is 0 Å². The molecule has 2 N–H and O–H groups in total. The SMILES string of the molecule is CCC(=O)c1ccc(-c2ccc3c(c2)CCN3C(C)N)cc1. The molecular formula is C19H22N2O. The van der Waals surface area contributed by atoms with Crippen molar-refractivity contribution in [2.75, 3.05) is 11.4 Å². The summed E-state index contributed by atoms with van der Waals surface area (Å²) in [6.07, 6.45) is 1.63. The minimum atomic E-state index is 0.0476. The molecule has 0 saturated carbocycles. The molecule has 0 aromatic heterocycles. The van der Waals surface area contributed by atoms with Crippen LogP contribution in [0.25, 0.3) is 11.1 Å². The number of Topliss-reactive ketones (excluding diaryl/α,β-unsaturated/α-hetero) is 1. The van der Waals surface area contributed by atoms with Crippen molar-refractivity contribution in [1.29, 1.82) is 0 Å². The lowest BCUT2D eigenvalue weighted by molar-refractivity contribution is 0.0988. The minimum absolute atomic E-state index is 0.0476. The van der Waals surface area contributed by atoms with Crippen LogP contribution in [-0.2, 0) is 6.42 Å². The first-order valence-corrected chi connectivity index (χ1v) is 7.89. The number of anilines is 1. The molecule has 2 aromatic carbocycles. The fourth-order valence-corrected chi connectivity index (χ4v) is 3.08. The summed E-state index contributed by atoms with van der Waals surface area (Å²) in [5, 5.41) is 0. The van der Waals surface area contributed by atoms with Crippen LogP contribution >= 0.6 is 0 Å². The Morgan fingerprint density at radius 1 is 1.18 bits per heavy atom. The van der Waals surface area contributed by atoms with Crippen LogP contribution in [0, 0.1) is 0 Å². The number of fused-ring (bicyclic) bond motifs is 1. The summed E-state index contributed by atoms with van der Waals surface area (Å²) in [5.74, 6) is 0.188. The standard InChI is InChI=1S/C19H22N2O/c1-3-19(22)15-6-4-14(5-7-15)16-8-9-18-17(12-16)10-11-21(18)13(2)20/h4-9,12-13H,3,10-11,20H2,1-2H3. The highest BCUT2D eigenvalue weighted by atomic mass is 16.1. The molecule has 3 nitrogen and oxygen atoms in total. The topological polar surface area (TPSA) is 46.3 Å². The number of nitrogens with two attached hydrogens (primary N) is 1. The number of benzene rings is 2. The summed E-state index contributed by atoms with van der Waals surface area (Å²) in [6, 6.07) is 14.4. The Labute approximate surface area is 131 Å². The second-order valence-electron chi connectivity index (χ2n) is 5.88. The van der Waals surface area contributed by atoms with Crippen molar-refractivity contribution in [3.63, 3.8) is 0 Å². The fourth-order valence-electron chi connectivity index (χ4n) is 3.08. The van der Waals surface area contributed by atoms with Crippen LogP contribution in [0.15, 0.2) is 42.5 Å². The predicted octanol–water partition coefficient (Wildman–Crippen LogP) is 3.61. The molecule has 0 spiro atoms. The van der Waals surface area contributed by atoms with Crippen molar-refractivity contribution in [3.05, 3.63) is 53.6 Å². The van der Waals surface area contributed by atoms with Gasteiger partial charge >= 0.3 is 0 Å². The van der Waals surface area contributed by atoms with Crippen LogP contribution < -0.4 is 10.6 Å². The van der Waals surface area contributed by atoms with Crippen LogP contribution in [0.4, 0.5) is 5.69 Å². The maximum Gasteiger partial charge on any atom is 0.162 e. The van der Waals surface area contributed by atoms with Gasteiger partial charge in [0, 0.05) is 24.2 Å². The molecule has 0 amide bonds. The van der Waals surface area contributed by atoms with Crippen molar-refractivity contribution in [1.82, 2.24) is 0 Å². The molecule has 0 fully saturated rings. The third kappa shape index (κ3) is 2.64. The van der Waals surface area contributed by atoms with Crippen LogP contribution in [0.1, 0.15) is 36.2 Å². The molecule has 22 heavy (non-hydrogen) atoms. The molecule has 1 aliphatic heterocycles. The van der Waals surface area contributed by atoms with Gasteiger partial charge in [0.25, 0.3) is 0 Å². The summed E-state index contributed by atoms with van der Waals surface area (Å²) in [5.41, 5.74) is 11.7. The zero-order chi connectivity index (χ0) is 15.7. The zero-order valence-electron chi connectivity index (χ0n) is 13.2. The third-order valence-corrected chi connectivity index (χ3v) is 4.36. The monoisotopic (exact) mass is 294 g/mol. The van der Waals surface area contributed by atoms with Gasteiger partial charge in [0.05, 0.1) is 6.17 Å². The second kappa shape index (κ2) is 5.93. The molecule has 1 atom stereocenters. The lowest BCUT2D eigenvalue weighted by Gasteiger charge is -2.23. The number of ketones is 1. The molecule has 0 bridgehead atoms. The Morgan fingerprint density at radius 2 is 1.86 bits per heavy atom. The normalized spacial score (nSPS) is 14.8. The Morgan fingerprint density at radius 3 is 2.50 bits per heavy atom. The number of hydrogen-bond donors (Lipinski definition) is 1. The van der Waals surface area contributed by atoms with E-state index in [-0.39, 0.29) is 11.9 Å². The summed E-state index contributed by atoms with van der Waals surface area (Å²) < 4.78 is 0. The van der Waals surface area contributed by atoms with E-state index in [0.29, 0.717) is 6.42 Å². The summed E-state index contributed by atoms with van der Waals surface area (Å²) in [4.78, 5) is 13.9. The fraction of sp³-hybridized carbons (Fsp3) is 0.316. The van der Waals surface area contributed by atoms with Gasteiger partial charge in [-0.25, -0.2) is 0 Å². The van der Waals surface area contributed by atoms with Gasteiger partial charge in [-0.3, -0.25) is 4.79 Å². The van der Waals surface area contributed by atoms with Gasteiger partial charge in [-0.1, -0.05) is 37.3 Å². The molecule has 1 unspecified atom stereocenters. The highest BCUT2D eigenvalue weighted by Crippen LogP contribution is 2.33. The molecule has 2 aromatic rings. The van der Waals surface area contributed by atoms with Crippen molar-refractivity contribution in [2.24, 2.45) is 5.73 Å². The first-order valence-electron chi connectivity index (χ1n) is 7.89. The Kier molecular flexibility index (Phi) is 3.99. The van der Waals surface area contributed by atoms with E-state index in [1.54, 1.807) is 0 Å². The molecule has 3 rings (SSSR count). The smallest absolute Gasteiger partial charge is 0.162 e. The average Bonchev–Trinajstić information content (AvgIpc) is 2.97. The van der Waals surface area contributed by atoms with Crippen molar-refractivity contribution in [2.45, 2.75) is 32.9 Å². The van der Waals surface area contributed by atoms with E-state index in [0.717, 1.165) is 24.1 Å². The molecule has 114 valence electrons. The number of carbonyl (C=O) groups excluding carboxylic acids is 1. The molecule has 0 aliphatic carbocycles. The summed E-state index contributed by atoms with van der Waals surface area (Å²) >= 11 is 0. The van der Waals surface area contributed by atoms with Gasteiger partial charge in [0.15, 0.2) is 5.78 Å². The maximum atomic E-state index is 11.7. The molecule has 0 saturated heterocycles. The van der Waals surface area contributed by atoms with E-state index in [2.05, 4.69) is 23.1 Å². The van der Waals surface area contributed by atoms with Crippen molar-refractivity contribution in [3.8, 4) is 11.1 Å². The summed E-state index contributed by atoms with van der Waals surface area (Å²) in [6.45, 7) is 4.90. The molecule has 0 radical (unpaired) electrons. The number of carbonyl (C=O) groups is 1. The third-order valence-electron chi connectivity index (χ3n) is 4.36. The van der Waals surface area contributed by atoms with E-state index in [9.17, 15) is 4.79 Å². The number of nitrogens with zero attached hydrogens (tertiary/aromatic N) is 1. The van der Waals surface area contributed by atoms with Crippen molar-refractivity contribution >= 4 is 11.5 Å². The maximum absolute atomic E-state index is 11.7. The highest BCUT2D eigenvalue weighted by molar-refractivity contribution is 5.96. The molecule has 1 heterocycles. The zero-order valence-corrected chi connectivity index (χ0v) is 13.2. The van der Waals surface area contributed by atoms with Gasteiger partial charge in [-0.15, -0.1) is 0 Å². The largest absolute Gasteiger partial charge is 0.356 e. The van der Waals surface area contributed by atoms with Gasteiger partial charge in [-0.2, -0.15) is 0 Å². The first-order chi connectivity index (χ1) is 10.6. The Hall–Kier alpha value is -2.13. The van der Waals surface area contributed by atoms with Gasteiger partial charge in [-0.05, 0) is 42.2 Å². The highest BCUT2D eigenvalue weighted by Gasteiger charge is 2.21. The van der Waals surface area contributed by atoms with E-state index >= 15 is 0 Å². The van der Waals surface area contributed by atoms with Crippen molar-refractivity contribution < 1.29 is 4.79 Å². The molecule has 1 aliphatic rings.